The molecule has 2 aromatic carbocycles. The Bertz CT molecular complexity index is 2060. The van der Waals surface area contributed by atoms with Crippen LogP contribution in [0.4, 0.5) is 0 Å². The second-order valence-electron chi connectivity index (χ2n) is 18.3. The molecule has 2 saturated heterocycles. The zero-order chi connectivity index (χ0) is 37.7. The highest BCUT2D eigenvalue weighted by Gasteiger charge is 2.60. The first-order chi connectivity index (χ1) is 25.8. The lowest BCUT2D eigenvalue weighted by Crippen LogP contribution is -2.39. The summed E-state index contributed by atoms with van der Waals surface area (Å²) in [6.45, 7) is 22.4. The monoisotopic (exact) mass is 730 g/mol. The Balaban J connectivity index is 1.30. The molecule has 7 aliphatic rings. The highest BCUT2D eigenvalue weighted by Crippen LogP contribution is 2.68. The van der Waals surface area contributed by atoms with Crippen LogP contribution in [0.1, 0.15) is 114 Å². The van der Waals surface area contributed by atoms with E-state index in [-0.39, 0.29) is 28.5 Å². The molecule has 284 valence electrons. The van der Waals surface area contributed by atoms with Gasteiger partial charge in [-0.1, -0.05) is 45.8 Å². The molecule has 4 heterocycles. The Morgan fingerprint density at radius 1 is 0.722 bits per heavy atom. The molecule has 0 aromatic heterocycles. The first-order valence-electron chi connectivity index (χ1n) is 20.2. The molecule has 3 aliphatic carbocycles. The van der Waals surface area contributed by atoms with E-state index in [1.54, 1.807) is 0 Å². The van der Waals surface area contributed by atoms with Crippen molar-refractivity contribution in [2.75, 3.05) is 39.4 Å². The first kappa shape index (κ1) is 35.7. The summed E-state index contributed by atoms with van der Waals surface area (Å²) in [5.41, 5.74) is 7.91. The molecular formula is C45H54N4O5. The average molecular weight is 731 g/mol. The van der Waals surface area contributed by atoms with Gasteiger partial charge in [0, 0.05) is 42.7 Å². The van der Waals surface area contributed by atoms with Gasteiger partial charge < -0.3 is 23.7 Å². The van der Waals surface area contributed by atoms with E-state index in [4.69, 9.17) is 23.7 Å². The fourth-order valence-corrected chi connectivity index (χ4v) is 11.0. The third kappa shape index (κ3) is 5.40. The molecule has 0 saturated carbocycles. The smallest absolute Gasteiger partial charge is 0.174 e. The molecule has 9 heteroatoms. The first-order valence-corrected chi connectivity index (χ1v) is 20.2. The third-order valence-electron chi connectivity index (χ3n) is 13.6. The molecule has 4 aliphatic heterocycles. The van der Waals surface area contributed by atoms with Gasteiger partial charge in [0.1, 0.15) is 24.0 Å². The largest absolute Gasteiger partial charge is 0.483 e. The van der Waals surface area contributed by atoms with Crippen molar-refractivity contribution in [3.8, 4) is 35.1 Å². The van der Waals surface area contributed by atoms with Crippen LogP contribution in [0.15, 0.2) is 35.3 Å². The number of ether oxygens (including phenoxy) is 5. The molecule has 5 unspecified atom stereocenters. The number of rotatable bonds is 4. The van der Waals surface area contributed by atoms with Crippen molar-refractivity contribution in [3.63, 3.8) is 0 Å². The number of hydrogen-bond acceptors (Lipinski definition) is 9. The minimum Gasteiger partial charge on any atom is -0.483 e. The van der Waals surface area contributed by atoms with Crippen LogP contribution in [0.25, 0.3) is 0 Å². The van der Waals surface area contributed by atoms with Crippen LogP contribution in [0.5, 0.6) is 23.0 Å². The molecule has 9 rings (SSSR count). The van der Waals surface area contributed by atoms with E-state index < -0.39 is 11.8 Å². The summed E-state index contributed by atoms with van der Waals surface area (Å²) >= 11 is 0. The van der Waals surface area contributed by atoms with E-state index in [9.17, 15) is 10.5 Å². The van der Waals surface area contributed by atoms with Gasteiger partial charge in [-0.3, -0.25) is 9.80 Å². The zero-order valence-corrected chi connectivity index (χ0v) is 33.1. The molecule has 0 bridgehead atoms. The molecule has 54 heavy (non-hydrogen) atoms. The van der Waals surface area contributed by atoms with Gasteiger partial charge in [0.05, 0.1) is 25.4 Å². The third-order valence-corrected chi connectivity index (χ3v) is 13.6. The number of benzene rings is 2. The fraction of sp³-hybridized carbons (Fsp3) is 0.600. The molecule has 0 N–H and O–H groups in total. The predicted molar refractivity (Wildman–Crippen MR) is 205 cm³/mol. The highest BCUT2D eigenvalue weighted by molar-refractivity contribution is 5.72. The molecule has 9 nitrogen and oxygen atoms in total. The van der Waals surface area contributed by atoms with Crippen molar-refractivity contribution in [2.24, 2.45) is 11.8 Å². The Morgan fingerprint density at radius 2 is 1.31 bits per heavy atom. The van der Waals surface area contributed by atoms with Gasteiger partial charge in [-0.15, -0.1) is 0 Å². The maximum absolute atomic E-state index is 10.4. The summed E-state index contributed by atoms with van der Waals surface area (Å²) in [6, 6.07) is 9.39. The number of nitriles is 2. The Labute approximate surface area is 320 Å². The standard InChI is InChI=1S/C45H54N4O5/c1-26-17-29(20-46)39-42(30(26)21-47)53-36-19-34-38(32(41(36)54-39)22-48-11-9-8-10-12-48)45(25-44(34,6)7)24-43(4,5)33-18-35-40(52-28(3)27(2)51-35)31(37(33)45)23-49-13-15-50-16-14-49/h17-19,27-30H,8-16,22-25H2,1-7H3. The number of hydrogen-bond donors (Lipinski definition) is 0. The molecule has 0 amide bonds. The lowest BCUT2D eigenvalue weighted by atomic mass is 9.70. The predicted octanol–water partition coefficient (Wildman–Crippen LogP) is 7.92. The Kier molecular flexibility index (Phi) is 8.43. The van der Waals surface area contributed by atoms with Crippen molar-refractivity contribution in [1.82, 2.24) is 9.80 Å². The zero-order valence-electron chi connectivity index (χ0n) is 33.1. The minimum atomic E-state index is -0.626. The van der Waals surface area contributed by atoms with E-state index in [1.807, 2.05) is 13.0 Å². The molecule has 0 radical (unpaired) electrons. The minimum absolute atomic E-state index is 0.0494. The van der Waals surface area contributed by atoms with Crippen LogP contribution < -0.4 is 18.9 Å². The van der Waals surface area contributed by atoms with E-state index in [1.165, 1.54) is 47.1 Å². The van der Waals surface area contributed by atoms with Crippen LogP contribution in [0.2, 0.25) is 0 Å². The number of piperidine rings is 1. The van der Waals surface area contributed by atoms with Gasteiger partial charge in [0.2, 0.25) is 0 Å². The maximum Gasteiger partial charge on any atom is 0.174 e. The molecular weight excluding hydrogens is 677 g/mol. The van der Waals surface area contributed by atoms with E-state index in [2.05, 4.69) is 75.6 Å². The van der Waals surface area contributed by atoms with Gasteiger partial charge in [-0.05, 0) is 105 Å². The van der Waals surface area contributed by atoms with Crippen LogP contribution in [-0.2, 0) is 34.1 Å². The summed E-state index contributed by atoms with van der Waals surface area (Å²) in [5.74, 6) is 2.81. The molecule has 2 aromatic rings. The van der Waals surface area contributed by atoms with Crippen molar-refractivity contribution in [1.29, 1.82) is 10.5 Å². The summed E-state index contributed by atoms with van der Waals surface area (Å²) < 4.78 is 33.3. The van der Waals surface area contributed by atoms with Crippen LogP contribution in [0, 0.1) is 34.5 Å². The van der Waals surface area contributed by atoms with Crippen LogP contribution in [-0.4, -0.2) is 61.4 Å². The molecule has 5 atom stereocenters. The summed E-state index contributed by atoms with van der Waals surface area (Å²) in [7, 11) is 0. The van der Waals surface area contributed by atoms with Crippen molar-refractivity contribution in [2.45, 2.75) is 122 Å². The second-order valence-corrected chi connectivity index (χ2v) is 18.3. The van der Waals surface area contributed by atoms with Crippen LogP contribution in [0.3, 0.4) is 0 Å². The van der Waals surface area contributed by atoms with Gasteiger partial charge in [0.15, 0.2) is 34.5 Å². The topological polar surface area (TPSA) is 100 Å². The lowest BCUT2D eigenvalue weighted by molar-refractivity contribution is 0.0277. The maximum atomic E-state index is 10.4. The highest BCUT2D eigenvalue weighted by atomic mass is 16.6. The lowest BCUT2D eigenvalue weighted by Gasteiger charge is -2.39. The number of fused-ring (bicyclic) bond motifs is 6. The van der Waals surface area contributed by atoms with Gasteiger partial charge in [-0.25, -0.2) is 0 Å². The van der Waals surface area contributed by atoms with E-state index >= 15 is 0 Å². The summed E-state index contributed by atoms with van der Waals surface area (Å²) in [6.07, 6.45) is 7.20. The quantitative estimate of drug-likeness (QED) is 0.291. The summed E-state index contributed by atoms with van der Waals surface area (Å²) in [5, 5.41) is 20.6. The fourth-order valence-electron chi connectivity index (χ4n) is 11.0. The normalized spacial score (nSPS) is 30.6. The molecule has 2 fully saturated rings. The molecule has 1 spiro atoms. The number of allylic oxidation sites excluding steroid dienone is 2. The van der Waals surface area contributed by atoms with Crippen molar-refractivity contribution in [3.05, 3.63) is 68.7 Å². The SMILES string of the molecule is CC1=CC(C#N)C2=C(Oc3cc4c(c(CN5CCCCC5)c3O2)C2(CC4(C)C)CC(C)(C)c3cc4c(c(CN5CCOCC5)c32)OC(C)C(C)O4)C1C#N. The van der Waals surface area contributed by atoms with Crippen LogP contribution >= 0.6 is 0 Å². The van der Waals surface area contributed by atoms with Gasteiger partial charge >= 0.3 is 0 Å². The van der Waals surface area contributed by atoms with Gasteiger partial charge in [0.25, 0.3) is 0 Å². The van der Waals surface area contributed by atoms with Gasteiger partial charge in [-0.2, -0.15) is 10.5 Å². The number of likely N-dealkylation sites (tertiary alicyclic amines) is 1. The summed E-state index contributed by atoms with van der Waals surface area (Å²) in [4.78, 5) is 5.10. The van der Waals surface area contributed by atoms with E-state index in [0.717, 1.165) is 88.0 Å². The number of nitrogens with zero attached hydrogens (tertiary/aromatic N) is 4. The second kappa shape index (κ2) is 12.8. The Morgan fingerprint density at radius 3 is 1.94 bits per heavy atom. The van der Waals surface area contributed by atoms with E-state index in [0.29, 0.717) is 23.0 Å². The van der Waals surface area contributed by atoms with Crippen molar-refractivity contribution >= 4 is 0 Å². The Hall–Kier alpha value is -4.02. The van der Waals surface area contributed by atoms with Crippen molar-refractivity contribution < 1.29 is 23.7 Å². The average Bonchev–Trinajstić information content (AvgIpc) is 3.50. The number of morpholine rings is 1.